The van der Waals surface area contributed by atoms with Crippen molar-refractivity contribution in [2.24, 2.45) is 0 Å². The van der Waals surface area contributed by atoms with Gasteiger partial charge in [0.15, 0.2) is 0 Å². The van der Waals surface area contributed by atoms with Crippen molar-refractivity contribution in [2.75, 3.05) is 0 Å². The second-order valence-corrected chi connectivity index (χ2v) is 7.67. The molecule has 0 bridgehead atoms. The quantitative estimate of drug-likeness (QED) is 0.605. The number of rotatable bonds is 7. The zero-order valence-electron chi connectivity index (χ0n) is 16.8. The molecule has 1 fully saturated rings. The summed E-state index contributed by atoms with van der Waals surface area (Å²) in [4.78, 5) is 0. The van der Waals surface area contributed by atoms with Gasteiger partial charge in [-0.15, -0.1) is 0 Å². The molecule has 4 rings (SSSR count). The number of nitrogens with one attached hydrogen (secondary N) is 1. The van der Waals surface area contributed by atoms with Crippen LogP contribution in [0.5, 0.6) is 5.75 Å². The van der Waals surface area contributed by atoms with E-state index in [4.69, 9.17) is 4.74 Å². The third-order valence-corrected chi connectivity index (χ3v) is 5.68. The van der Waals surface area contributed by atoms with Crippen molar-refractivity contribution in [2.45, 2.75) is 58.2 Å². The molecule has 1 atom stereocenters. The molecule has 1 heterocycles. The average Bonchev–Trinajstić information content (AvgIpc) is 3.37. The van der Waals surface area contributed by atoms with Gasteiger partial charge in [-0.3, -0.25) is 0 Å². The Bertz CT molecular complexity index is 897. The Kier molecular flexibility index (Phi) is 5.77. The summed E-state index contributed by atoms with van der Waals surface area (Å²) >= 11 is 0. The lowest BCUT2D eigenvalue weighted by molar-refractivity contribution is 0.207. The van der Waals surface area contributed by atoms with E-state index in [0.717, 1.165) is 18.0 Å². The van der Waals surface area contributed by atoms with E-state index in [1.807, 2.05) is 29.1 Å². The van der Waals surface area contributed by atoms with Crippen LogP contribution in [0.2, 0.25) is 0 Å². The van der Waals surface area contributed by atoms with Crippen molar-refractivity contribution in [1.29, 1.82) is 0 Å². The van der Waals surface area contributed by atoms with E-state index in [9.17, 15) is 0 Å². The minimum absolute atomic E-state index is 0.206. The van der Waals surface area contributed by atoms with E-state index in [1.54, 1.807) is 0 Å². The van der Waals surface area contributed by atoms with Crippen molar-refractivity contribution in [1.82, 2.24) is 15.1 Å². The first kappa shape index (κ1) is 18.8. The van der Waals surface area contributed by atoms with E-state index in [2.05, 4.69) is 60.7 Å². The van der Waals surface area contributed by atoms with Crippen LogP contribution in [0.25, 0.3) is 5.69 Å². The highest BCUT2D eigenvalue weighted by Crippen LogP contribution is 2.27. The Balaban J connectivity index is 1.44. The van der Waals surface area contributed by atoms with Crippen molar-refractivity contribution < 1.29 is 4.74 Å². The number of hydrogen-bond donors (Lipinski definition) is 1. The molecule has 146 valence electrons. The molecular formula is C24H29N3O. The van der Waals surface area contributed by atoms with Crippen LogP contribution in [0.4, 0.5) is 0 Å². The SMILES string of the molecule is Cc1c(C(C)NCc2ccccc2OC2CCCC2)cnn1-c1ccccc1. The molecule has 4 nitrogen and oxygen atoms in total. The first-order chi connectivity index (χ1) is 13.7. The van der Waals surface area contributed by atoms with Crippen LogP contribution in [-0.4, -0.2) is 15.9 Å². The summed E-state index contributed by atoms with van der Waals surface area (Å²) in [5.74, 6) is 1.02. The predicted octanol–water partition coefficient (Wildman–Crippen LogP) is 5.35. The minimum atomic E-state index is 0.206. The van der Waals surface area contributed by atoms with Gasteiger partial charge in [0.25, 0.3) is 0 Å². The van der Waals surface area contributed by atoms with E-state index in [-0.39, 0.29) is 6.04 Å². The average molecular weight is 376 g/mol. The summed E-state index contributed by atoms with van der Waals surface area (Å²) in [7, 11) is 0. The summed E-state index contributed by atoms with van der Waals surface area (Å²) in [6.45, 7) is 5.10. The first-order valence-corrected chi connectivity index (χ1v) is 10.3. The molecule has 0 aliphatic heterocycles. The molecule has 1 aromatic heterocycles. The van der Waals surface area contributed by atoms with Crippen LogP contribution in [0.15, 0.2) is 60.8 Å². The Morgan fingerprint density at radius 1 is 1.07 bits per heavy atom. The molecule has 3 aromatic rings. The number of benzene rings is 2. The Hall–Kier alpha value is -2.59. The highest BCUT2D eigenvalue weighted by atomic mass is 16.5. The number of para-hydroxylation sites is 2. The summed E-state index contributed by atoms with van der Waals surface area (Å²) in [6.07, 6.45) is 7.27. The van der Waals surface area contributed by atoms with Crippen LogP contribution >= 0.6 is 0 Å². The molecule has 1 aliphatic carbocycles. The van der Waals surface area contributed by atoms with Crippen LogP contribution in [0.3, 0.4) is 0 Å². The number of nitrogens with zero attached hydrogens (tertiary/aromatic N) is 2. The lowest BCUT2D eigenvalue weighted by Gasteiger charge is -2.19. The van der Waals surface area contributed by atoms with Crippen molar-refractivity contribution in [3.63, 3.8) is 0 Å². The van der Waals surface area contributed by atoms with Crippen molar-refractivity contribution in [3.05, 3.63) is 77.6 Å². The maximum atomic E-state index is 6.27. The van der Waals surface area contributed by atoms with Crippen LogP contribution in [0, 0.1) is 6.92 Å². The number of aromatic nitrogens is 2. The zero-order chi connectivity index (χ0) is 19.3. The standard InChI is InChI=1S/C24H29N3O/c1-18(23-17-26-27(19(23)2)21-11-4-3-5-12-21)25-16-20-10-6-9-15-24(20)28-22-13-7-8-14-22/h3-6,9-12,15,17-18,22,25H,7-8,13-14,16H2,1-2H3. The molecule has 1 N–H and O–H groups in total. The van der Waals surface area contributed by atoms with Crippen LogP contribution < -0.4 is 10.1 Å². The third-order valence-electron chi connectivity index (χ3n) is 5.68. The van der Waals surface area contributed by atoms with Gasteiger partial charge < -0.3 is 10.1 Å². The Labute approximate surface area is 167 Å². The van der Waals surface area contributed by atoms with E-state index in [1.165, 1.54) is 42.5 Å². The number of hydrogen-bond acceptors (Lipinski definition) is 3. The molecule has 0 spiro atoms. The lowest BCUT2D eigenvalue weighted by atomic mass is 10.1. The highest BCUT2D eigenvalue weighted by molar-refractivity contribution is 5.36. The predicted molar refractivity (Wildman–Crippen MR) is 113 cm³/mol. The fourth-order valence-electron chi connectivity index (χ4n) is 4.00. The molecule has 2 aromatic carbocycles. The van der Waals surface area contributed by atoms with Crippen LogP contribution in [0.1, 0.15) is 55.5 Å². The van der Waals surface area contributed by atoms with Gasteiger partial charge in [0.2, 0.25) is 0 Å². The second-order valence-electron chi connectivity index (χ2n) is 7.67. The zero-order valence-corrected chi connectivity index (χ0v) is 16.8. The topological polar surface area (TPSA) is 39.1 Å². The van der Waals surface area contributed by atoms with Gasteiger partial charge in [-0.05, 0) is 57.7 Å². The molecule has 0 radical (unpaired) electrons. The van der Waals surface area contributed by atoms with E-state index < -0.39 is 0 Å². The van der Waals surface area contributed by atoms with Crippen LogP contribution in [-0.2, 0) is 6.54 Å². The largest absolute Gasteiger partial charge is 0.490 e. The molecular weight excluding hydrogens is 346 g/mol. The Morgan fingerprint density at radius 3 is 2.57 bits per heavy atom. The fourth-order valence-corrected chi connectivity index (χ4v) is 4.00. The molecule has 1 aliphatic rings. The lowest BCUT2D eigenvalue weighted by Crippen LogP contribution is -2.20. The summed E-state index contributed by atoms with van der Waals surface area (Å²) < 4.78 is 8.28. The second kappa shape index (κ2) is 8.61. The summed E-state index contributed by atoms with van der Waals surface area (Å²) in [6, 6.07) is 18.9. The third kappa shape index (κ3) is 4.12. The van der Waals surface area contributed by atoms with Gasteiger partial charge in [-0.2, -0.15) is 5.10 Å². The summed E-state index contributed by atoms with van der Waals surface area (Å²) in [5, 5.41) is 8.25. The van der Waals surface area contributed by atoms with Gasteiger partial charge in [0, 0.05) is 29.4 Å². The van der Waals surface area contributed by atoms with Gasteiger partial charge in [0.05, 0.1) is 18.0 Å². The van der Waals surface area contributed by atoms with Gasteiger partial charge >= 0.3 is 0 Å². The van der Waals surface area contributed by atoms with Gasteiger partial charge in [0.1, 0.15) is 5.75 Å². The van der Waals surface area contributed by atoms with E-state index in [0.29, 0.717) is 6.10 Å². The summed E-state index contributed by atoms with van der Waals surface area (Å²) in [5.41, 5.74) is 4.70. The van der Waals surface area contributed by atoms with Crippen molar-refractivity contribution >= 4 is 0 Å². The van der Waals surface area contributed by atoms with E-state index >= 15 is 0 Å². The maximum Gasteiger partial charge on any atom is 0.124 e. The molecule has 0 saturated heterocycles. The molecule has 28 heavy (non-hydrogen) atoms. The normalized spacial score (nSPS) is 15.6. The molecule has 0 amide bonds. The highest BCUT2D eigenvalue weighted by Gasteiger charge is 2.18. The fraction of sp³-hybridized carbons (Fsp3) is 0.375. The monoisotopic (exact) mass is 375 g/mol. The first-order valence-electron chi connectivity index (χ1n) is 10.3. The Morgan fingerprint density at radius 2 is 1.79 bits per heavy atom. The minimum Gasteiger partial charge on any atom is -0.490 e. The molecule has 4 heteroatoms. The smallest absolute Gasteiger partial charge is 0.124 e. The number of ether oxygens (including phenoxy) is 1. The maximum absolute atomic E-state index is 6.27. The molecule has 1 unspecified atom stereocenters. The molecule has 1 saturated carbocycles. The van der Waals surface area contributed by atoms with Gasteiger partial charge in [-0.1, -0.05) is 36.4 Å². The van der Waals surface area contributed by atoms with Crippen molar-refractivity contribution in [3.8, 4) is 11.4 Å². The van der Waals surface area contributed by atoms with Gasteiger partial charge in [-0.25, -0.2) is 4.68 Å².